The molecular weight excluding hydrogens is 310 g/mol. The standard InChI is InChI=1S/C19H20ClNO2/c1-3-16-17(12-4-7-15(23-2)8-5-12)11-13-10-14(20)6-9-18(13)21-19(16)22/h4-10,16-17H,3,11H2,1-2H3,(H,21,22). The van der Waals surface area contributed by atoms with E-state index in [-0.39, 0.29) is 17.7 Å². The van der Waals surface area contributed by atoms with Gasteiger partial charge in [0.25, 0.3) is 0 Å². The number of ether oxygens (including phenoxy) is 1. The molecule has 0 bridgehead atoms. The summed E-state index contributed by atoms with van der Waals surface area (Å²) in [6, 6.07) is 13.6. The van der Waals surface area contributed by atoms with E-state index in [4.69, 9.17) is 16.3 Å². The van der Waals surface area contributed by atoms with Gasteiger partial charge < -0.3 is 10.1 Å². The molecule has 0 radical (unpaired) electrons. The molecule has 120 valence electrons. The monoisotopic (exact) mass is 329 g/mol. The molecule has 2 atom stereocenters. The summed E-state index contributed by atoms with van der Waals surface area (Å²) in [5.74, 6) is 0.970. The molecule has 1 aliphatic rings. The Bertz CT molecular complexity index is 712. The second-order valence-corrected chi connectivity index (χ2v) is 6.33. The number of carbonyl (C=O) groups excluding carboxylic acids is 1. The molecule has 0 spiro atoms. The fourth-order valence-corrected chi connectivity index (χ4v) is 3.51. The average molecular weight is 330 g/mol. The molecule has 1 heterocycles. The number of nitrogens with one attached hydrogen (secondary N) is 1. The van der Waals surface area contributed by atoms with Crippen LogP contribution in [0.15, 0.2) is 42.5 Å². The van der Waals surface area contributed by atoms with Crippen molar-refractivity contribution >= 4 is 23.2 Å². The zero-order chi connectivity index (χ0) is 16.4. The van der Waals surface area contributed by atoms with E-state index in [0.717, 1.165) is 35.4 Å². The van der Waals surface area contributed by atoms with Crippen LogP contribution in [0.5, 0.6) is 5.75 Å². The van der Waals surface area contributed by atoms with Crippen molar-refractivity contribution in [1.29, 1.82) is 0 Å². The summed E-state index contributed by atoms with van der Waals surface area (Å²) in [5.41, 5.74) is 3.11. The molecule has 1 aliphatic heterocycles. The van der Waals surface area contributed by atoms with Gasteiger partial charge in [-0.1, -0.05) is 30.7 Å². The minimum Gasteiger partial charge on any atom is -0.497 e. The van der Waals surface area contributed by atoms with E-state index in [1.807, 2.05) is 30.3 Å². The van der Waals surface area contributed by atoms with Gasteiger partial charge >= 0.3 is 0 Å². The molecule has 1 amide bonds. The van der Waals surface area contributed by atoms with Gasteiger partial charge in [-0.25, -0.2) is 0 Å². The van der Waals surface area contributed by atoms with Crippen LogP contribution in [-0.4, -0.2) is 13.0 Å². The number of amides is 1. The number of benzene rings is 2. The van der Waals surface area contributed by atoms with Gasteiger partial charge in [0.2, 0.25) is 5.91 Å². The maximum Gasteiger partial charge on any atom is 0.228 e. The highest BCUT2D eigenvalue weighted by atomic mass is 35.5. The average Bonchev–Trinajstić information content (AvgIpc) is 2.70. The topological polar surface area (TPSA) is 38.3 Å². The molecule has 3 rings (SSSR count). The van der Waals surface area contributed by atoms with Gasteiger partial charge in [-0.15, -0.1) is 0 Å². The number of halogens is 1. The van der Waals surface area contributed by atoms with E-state index in [9.17, 15) is 4.79 Å². The summed E-state index contributed by atoms with van der Waals surface area (Å²) in [6.45, 7) is 2.06. The molecule has 4 heteroatoms. The van der Waals surface area contributed by atoms with Crippen LogP contribution in [0.4, 0.5) is 5.69 Å². The molecule has 0 saturated carbocycles. The van der Waals surface area contributed by atoms with Crippen molar-refractivity contribution in [2.24, 2.45) is 5.92 Å². The number of anilines is 1. The zero-order valence-corrected chi connectivity index (χ0v) is 14.1. The molecule has 0 saturated heterocycles. The molecule has 1 N–H and O–H groups in total. The second kappa shape index (κ2) is 6.63. The van der Waals surface area contributed by atoms with Crippen LogP contribution >= 0.6 is 11.6 Å². The minimum atomic E-state index is -0.0606. The van der Waals surface area contributed by atoms with Crippen LogP contribution in [0, 0.1) is 5.92 Å². The molecule has 2 unspecified atom stereocenters. The Morgan fingerprint density at radius 2 is 1.96 bits per heavy atom. The molecule has 23 heavy (non-hydrogen) atoms. The zero-order valence-electron chi connectivity index (χ0n) is 13.3. The van der Waals surface area contributed by atoms with Gasteiger partial charge in [0.15, 0.2) is 0 Å². The van der Waals surface area contributed by atoms with Crippen molar-refractivity contribution in [2.45, 2.75) is 25.7 Å². The Morgan fingerprint density at radius 3 is 2.61 bits per heavy atom. The molecule has 0 fully saturated rings. The number of fused-ring (bicyclic) bond motifs is 1. The van der Waals surface area contributed by atoms with Crippen LogP contribution in [0.25, 0.3) is 0 Å². The Labute approximate surface area is 141 Å². The Hall–Kier alpha value is -2.00. The van der Waals surface area contributed by atoms with Crippen molar-refractivity contribution < 1.29 is 9.53 Å². The summed E-state index contributed by atoms with van der Waals surface area (Å²) in [6.07, 6.45) is 1.59. The number of methoxy groups -OCH3 is 1. The van der Waals surface area contributed by atoms with Crippen LogP contribution in [0.3, 0.4) is 0 Å². The summed E-state index contributed by atoms with van der Waals surface area (Å²) in [5, 5.41) is 3.75. The van der Waals surface area contributed by atoms with Crippen LogP contribution in [-0.2, 0) is 11.2 Å². The first-order chi connectivity index (χ1) is 11.1. The highest BCUT2D eigenvalue weighted by Gasteiger charge is 2.32. The largest absolute Gasteiger partial charge is 0.497 e. The number of rotatable bonds is 3. The first kappa shape index (κ1) is 15.9. The third kappa shape index (κ3) is 3.20. The summed E-state index contributed by atoms with van der Waals surface area (Å²) >= 11 is 6.14. The van der Waals surface area contributed by atoms with Gasteiger partial charge in [0, 0.05) is 16.6 Å². The van der Waals surface area contributed by atoms with Crippen LogP contribution in [0.1, 0.15) is 30.4 Å². The van der Waals surface area contributed by atoms with Gasteiger partial charge in [0.1, 0.15) is 5.75 Å². The molecule has 3 nitrogen and oxygen atoms in total. The second-order valence-electron chi connectivity index (χ2n) is 5.89. The van der Waals surface area contributed by atoms with Gasteiger partial charge in [0.05, 0.1) is 7.11 Å². The fraction of sp³-hybridized carbons (Fsp3) is 0.316. The molecule has 2 aromatic rings. The third-order valence-electron chi connectivity index (χ3n) is 4.57. The normalized spacial score (nSPS) is 20.4. The van der Waals surface area contributed by atoms with Gasteiger partial charge in [-0.3, -0.25) is 4.79 Å². The lowest BCUT2D eigenvalue weighted by molar-refractivity contribution is -0.120. The SMILES string of the molecule is CCC1C(=O)Nc2ccc(Cl)cc2CC1c1ccc(OC)cc1. The Morgan fingerprint density at radius 1 is 1.22 bits per heavy atom. The maximum absolute atomic E-state index is 12.6. The highest BCUT2D eigenvalue weighted by molar-refractivity contribution is 6.30. The first-order valence-corrected chi connectivity index (χ1v) is 8.23. The Kier molecular flexibility index (Phi) is 4.58. The lowest BCUT2D eigenvalue weighted by Crippen LogP contribution is -2.26. The van der Waals surface area contributed by atoms with E-state index in [1.165, 1.54) is 0 Å². The molecular formula is C19H20ClNO2. The van der Waals surface area contributed by atoms with Gasteiger partial charge in [-0.05, 0) is 60.2 Å². The third-order valence-corrected chi connectivity index (χ3v) is 4.81. The van der Waals surface area contributed by atoms with Crippen molar-refractivity contribution in [3.05, 3.63) is 58.6 Å². The number of carbonyl (C=O) groups is 1. The van der Waals surface area contributed by atoms with Crippen LogP contribution < -0.4 is 10.1 Å². The van der Waals surface area contributed by atoms with E-state index in [0.29, 0.717) is 5.02 Å². The smallest absolute Gasteiger partial charge is 0.228 e. The van der Waals surface area contributed by atoms with Crippen molar-refractivity contribution in [1.82, 2.24) is 0 Å². The van der Waals surface area contributed by atoms with Crippen molar-refractivity contribution in [3.8, 4) is 5.75 Å². The highest BCUT2D eigenvalue weighted by Crippen LogP contribution is 2.38. The van der Waals surface area contributed by atoms with E-state index >= 15 is 0 Å². The Balaban J connectivity index is 2.02. The lowest BCUT2D eigenvalue weighted by Gasteiger charge is -2.23. The minimum absolute atomic E-state index is 0.0606. The van der Waals surface area contributed by atoms with E-state index in [1.54, 1.807) is 7.11 Å². The molecule has 2 aromatic carbocycles. The van der Waals surface area contributed by atoms with E-state index < -0.39 is 0 Å². The van der Waals surface area contributed by atoms with Crippen molar-refractivity contribution in [2.75, 3.05) is 12.4 Å². The lowest BCUT2D eigenvalue weighted by atomic mass is 9.80. The maximum atomic E-state index is 12.6. The predicted octanol–water partition coefficient (Wildman–Crippen LogP) is 4.65. The molecule has 0 aromatic heterocycles. The summed E-state index contributed by atoms with van der Waals surface area (Å²) < 4.78 is 5.23. The first-order valence-electron chi connectivity index (χ1n) is 7.85. The fourth-order valence-electron chi connectivity index (χ4n) is 3.31. The van der Waals surface area contributed by atoms with Gasteiger partial charge in [-0.2, -0.15) is 0 Å². The van der Waals surface area contributed by atoms with Crippen molar-refractivity contribution in [3.63, 3.8) is 0 Å². The number of hydrogen-bond donors (Lipinski definition) is 1. The summed E-state index contributed by atoms with van der Waals surface area (Å²) in [4.78, 5) is 12.6. The summed E-state index contributed by atoms with van der Waals surface area (Å²) in [7, 11) is 1.65. The predicted molar refractivity (Wildman–Crippen MR) is 93.3 cm³/mol. The van der Waals surface area contributed by atoms with Crippen LogP contribution in [0.2, 0.25) is 5.02 Å². The van der Waals surface area contributed by atoms with E-state index in [2.05, 4.69) is 24.4 Å². The molecule has 0 aliphatic carbocycles. The quantitative estimate of drug-likeness (QED) is 0.889. The number of hydrogen-bond acceptors (Lipinski definition) is 2.